The van der Waals surface area contributed by atoms with Gasteiger partial charge in [-0.3, -0.25) is 0 Å². The SMILES string of the molecule is O[C@@H]1CCCC[C@H]1Nc1ncccc1Br. The summed E-state index contributed by atoms with van der Waals surface area (Å²) >= 11 is 3.44. The maximum Gasteiger partial charge on any atom is 0.140 e. The molecule has 4 heteroatoms. The van der Waals surface area contributed by atoms with Crippen LogP contribution in [0.5, 0.6) is 0 Å². The highest BCUT2D eigenvalue weighted by molar-refractivity contribution is 9.10. The average Bonchev–Trinajstić information content (AvgIpc) is 2.24. The Balaban J connectivity index is 2.04. The van der Waals surface area contributed by atoms with Gasteiger partial charge in [0.1, 0.15) is 5.82 Å². The lowest BCUT2D eigenvalue weighted by molar-refractivity contribution is 0.116. The van der Waals surface area contributed by atoms with E-state index in [1.165, 1.54) is 6.42 Å². The Morgan fingerprint density at radius 1 is 1.40 bits per heavy atom. The zero-order valence-corrected chi connectivity index (χ0v) is 10.1. The van der Waals surface area contributed by atoms with Crippen molar-refractivity contribution in [3.63, 3.8) is 0 Å². The summed E-state index contributed by atoms with van der Waals surface area (Å²) in [6.45, 7) is 0. The van der Waals surface area contributed by atoms with Crippen LogP contribution in [0.4, 0.5) is 5.82 Å². The topological polar surface area (TPSA) is 45.1 Å². The van der Waals surface area contributed by atoms with E-state index in [-0.39, 0.29) is 12.1 Å². The van der Waals surface area contributed by atoms with Crippen molar-refractivity contribution in [2.75, 3.05) is 5.32 Å². The van der Waals surface area contributed by atoms with Crippen LogP contribution in [-0.4, -0.2) is 22.2 Å². The fraction of sp³-hybridized carbons (Fsp3) is 0.545. The molecule has 2 atom stereocenters. The van der Waals surface area contributed by atoms with Gasteiger partial charge in [-0.15, -0.1) is 0 Å². The van der Waals surface area contributed by atoms with Gasteiger partial charge in [-0.2, -0.15) is 0 Å². The van der Waals surface area contributed by atoms with Crippen molar-refractivity contribution in [3.05, 3.63) is 22.8 Å². The van der Waals surface area contributed by atoms with Crippen molar-refractivity contribution >= 4 is 21.7 Å². The number of hydrogen-bond donors (Lipinski definition) is 2. The normalized spacial score (nSPS) is 26.3. The molecule has 0 radical (unpaired) electrons. The molecular weight excluding hydrogens is 256 g/mol. The van der Waals surface area contributed by atoms with Crippen molar-refractivity contribution in [2.24, 2.45) is 0 Å². The zero-order valence-electron chi connectivity index (χ0n) is 8.49. The van der Waals surface area contributed by atoms with E-state index in [4.69, 9.17) is 0 Å². The van der Waals surface area contributed by atoms with Crippen LogP contribution >= 0.6 is 15.9 Å². The van der Waals surface area contributed by atoms with E-state index in [0.717, 1.165) is 29.6 Å². The third kappa shape index (κ3) is 2.69. The lowest BCUT2D eigenvalue weighted by Gasteiger charge is -2.28. The first-order chi connectivity index (χ1) is 7.27. The van der Waals surface area contributed by atoms with Gasteiger partial charge in [0.15, 0.2) is 0 Å². The number of nitrogens with zero attached hydrogens (tertiary/aromatic N) is 1. The molecule has 82 valence electrons. The van der Waals surface area contributed by atoms with Gasteiger partial charge in [0.2, 0.25) is 0 Å². The molecule has 0 aliphatic heterocycles. The Morgan fingerprint density at radius 2 is 2.20 bits per heavy atom. The van der Waals surface area contributed by atoms with Gasteiger partial charge < -0.3 is 10.4 Å². The van der Waals surface area contributed by atoms with Crippen LogP contribution in [0.1, 0.15) is 25.7 Å². The molecule has 1 saturated carbocycles. The molecule has 0 bridgehead atoms. The van der Waals surface area contributed by atoms with Crippen molar-refractivity contribution in [2.45, 2.75) is 37.8 Å². The van der Waals surface area contributed by atoms with Crippen molar-refractivity contribution in [1.29, 1.82) is 0 Å². The summed E-state index contributed by atoms with van der Waals surface area (Å²) in [6, 6.07) is 3.97. The number of rotatable bonds is 2. The van der Waals surface area contributed by atoms with Gasteiger partial charge >= 0.3 is 0 Å². The average molecular weight is 271 g/mol. The minimum atomic E-state index is -0.243. The van der Waals surface area contributed by atoms with Crippen LogP contribution in [0.25, 0.3) is 0 Å². The maximum atomic E-state index is 9.82. The van der Waals surface area contributed by atoms with E-state index >= 15 is 0 Å². The van der Waals surface area contributed by atoms with E-state index in [1.54, 1.807) is 6.20 Å². The summed E-state index contributed by atoms with van der Waals surface area (Å²) in [5.74, 6) is 0.823. The second-order valence-electron chi connectivity index (χ2n) is 3.94. The molecule has 1 aliphatic rings. The third-order valence-corrected chi connectivity index (χ3v) is 3.45. The van der Waals surface area contributed by atoms with Crippen LogP contribution in [-0.2, 0) is 0 Å². The number of aliphatic hydroxyl groups is 1. The molecular formula is C11H15BrN2O. The summed E-state index contributed by atoms with van der Waals surface area (Å²) in [6.07, 6.45) is 5.73. The molecule has 1 heterocycles. The summed E-state index contributed by atoms with van der Waals surface area (Å²) in [7, 11) is 0. The van der Waals surface area contributed by atoms with Gasteiger partial charge in [0, 0.05) is 6.20 Å². The van der Waals surface area contributed by atoms with E-state index in [1.807, 2.05) is 12.1 Å². The molecule has 3 nitrogen and oxygen atoms in total. The number of pyridine rings is 1. The zero-order chi connectivity index (χ0) is 10.7. The number of halogens is 1. The quantitative estimate of drug-likeness (QED) is 0.869. The second kappa shape index (κ2) is 4.94. The fourth-order valence-electron chi connectivity index (χ4n) is 1.95. The Kier molecular flexibility index (Phi) is 3.59. The first kappa shape index (κ1) is 10.9. The molecule has 2 N–H and O–H groups in total. The second-order valence-corrected chi connectivity index (χ2v) is 4.79. The first-order valence-electron chi connectivity index (χ1n) is 5.32. The number of aliphatic hydroxyl groups excluding tert-OH is 1. The van der Waals surface area contributed by atoms with Crippen molar-refractivity contribution in [1.82, 2.24) is 4.98 Å². The molecule has 0 unspecified atom stereocenters. The van der Waals surface area contributed by atoms with E-state index in [2.05, 4.69) is 26.2 Å². The first-order valence-corrected chi connectivity index (χ1v) is 6.12. The van der Waals surface area contributed by atoms with Gasteiger partial charge in [0.05, 0.1) is 16.6 Å². The Bertz CT molecular complexity index is 332. The predicted octanol–water partition coefficient (Wildman–Crippen LogP) is 2.56. The Labute approximate surface area is 98.0 Å². The van der Waals surface area contributed by atoms with Crippen molar-refractivity contribution < 1.29 is 5.11 Å². The van der Waals surface area contributed by atoms with Gasteiger partial charge in [-0.25, -0.2) is 4.98 Å². The van der Waals surface area contributed by atoms with Gasteiger partial charge in [0.25, 0.3) is 0 Å². The van der Waals surface area contributed by atoms with E-state index < -0.39 is 0 Å². The van der Waals surface area contributed by atoms with Crippen LogP contribution in [0.15, 0.2) is 22.8 Å². The summed E-state index contributed by atoms with van der Waals surface area (Å²) in [4.78, 5) is 4.24. The van der Waals surface area contributed by atoms with E-state index in [9.17, 15) is 5.11 Å². The van der Waals surface area contributed by atoms with Crippen LogP contribution < -0.4 is 5.32 Å². The van der Waals surface area contributed by atoms with Crippen LogP contribution in [0.3, 0.4) is 0 Å². The van der Waals surface area contributed by atoms with E-state index in [0.29, 0.717) is 0 Å². The van der Waals surface area contributed by atoms with Gasteiger partial charge in [-0.1, -0.05) is 12.8 Å². The monoisotopic (exact) mass is 270 g/mol. The predicted molar refractivity (Wildman–Crippen MR) is 63.8 cm³/mol. The highest BCUT2D eigenvalue weighted by atomic mass is 79.9. The molecule has 1 fully saturated rings. The Hall–Kier alpha value is -0.610. The standard InChI is InChI=1S/C11H15BrN2O/c12-8-4-3-7-13-11(8)14-9-5-1-2-6-10(9)15/h3-4,7,9-10,15H,1-2,5-6H2,(H,13,14)/t9-,10-/m1/s1. The highest BCUT2D eigenvalue weighted by Crippen LogP contribution is 2.25. The summed E-state index contributed by atoms with van der Waals surface area (Å²) in [5, 5.41) is 13.1. The largest absolute Gasteiger partial charge is 0.391 e. The maximum absolute atomic E-state index is 9.82. The molecule has 15 heavy (non-hydrogen) atoms. The summed E-state index contributed by atoms with van der Waals surface area (Å²) < 4.78 is 0.947. The minimum Gasteiger partial charge on any atom is -0.391 e. The summed E-state index contributed by atoms with van der Waals surface area (Å²) in [5.41, 5.74) is 0. The number of anilines is 1. The molecule has 0 aromatic carbocycles. The molecule has 0 saturated heterocycles. The number of aromatic nitrogens is 1. The highest BCUT2D eigenvalue weighted by Gasteiger charge is 2.23. The molecule has 2 rings (SSSR count). The minimum absolute atomic E-state index is 0.143. The molecule has 1 aromatic heterocycles. The lowest BCUT2D eigenvalue weighted by atomic mass is 9.92. The lowest BCUT2D eigenvalue weighted by Crippen LogP contribution is -2.36. The van der Waals surface area contributed by atoms with Crippen LogP contribution in [0.2, 0.25) is 0 Å². The number of hydrogen-bond acceptors (Lipinski definition) is 3. The van der Waals surface area contributed by atoms with Crippen molar-refractivity contribution in [3.8, 4) is 0 Å². The number of nitrogens with one attached hydrogen (secondary N) is 1. The molecule has 1 aromatic rings. The Morgan fingerprint density at radius 3 is 2.93 bits per heavy atom. The van der Waals surface area contributed by atoms with Gasteiger partial charge in [-0.05, 0) is 40.9 Å². The fourth-order valence-corrected chi connectivity index (χ4v) is 2.32. The molecule has 0 spiro atoms. The third-order valence-electron chi connectivity index (χ3n) is 2.81. The smallest absolute Gasteiger partial charge is 0.140 e. The molecule has 0 amide bonds. The molecule has 1 aliphatic carbocycles. The van der Waals surface area contributed by atoms with Crippen LogP contribution in [0, 0.1) is 0 Å².